The third-order valence-electron chi connectivity index (χ3n) is 2.21. The quantitative estimate of drug-likeness (QED) is 0.552. The Balaban J connectivity index is 2.04. The molecule has 0 spiro atoms. The third-order valence-corrected chi connectivity index (χ3v) is 2.21. The maximum atomic E-state index is 3.93. The summed E-state index contributed by atoms with van der Waals surface area (Å²) in [7, 11) is 0. The van der Waals surface area contributed by atoms with E-state index in [9.17, 15) is 0 Å². The fraction of sp³-hybridized carbons (Fsp3) is 0.625. The molecule has 2 heterocycles. The van der Waals surface area contributed by atoms with Crippen molar-refractivity contribution in [2.45, 2.75) is 19.0 Å². The predicted octanol–water partition coefficient (Wildman–Crippen LogP) is 0.0321. The summed E-state index contributed by atoms with van der Waals surface area (Å²) in [6.07, 6.45) is 3.81. The van der Waals surface area contributed by atoms with E-state index in [1.165, 1.54) is 5.56 Å². The highest BCUT2D eigenvalue weighted by molar-refractivity contribution is 5.11. The van der Waals surface area contributed by atoms with Gasteiger partial charge in [-0.2, -0.15) is 5.10 Å². The van der Waals surface area contributed by atoms with Crippen molar-refractivity contribution in [3.63, 3.8) is 0 Å². The van der Waals surface area contributed by atoms with E-state index < -0.39 is 0 Å². The smallest absolute Gasteiger partial charge is 0.0535 e. The van der Waals surface area contributed by atoms with Gasteiger partial charge < -0.3 is 10.6 Å². The summed E-state index contributed by atoms with van der Waals surface area (Å²) in [4.78, 5) is 0. The van der Waals surface area contributed by atoms with E-state index in [1.807, 2.05) is 12.4 Å². The van der Waals surface area contributed by atoms with Crippen molar-refractivity contribution in [2.75, 3.05) is 13.1 Å². The molecule has 0 radical (unpaired) electrons. The van der Waals surface area contributed by atoms with Crippen LogP contribution in [-0.2, 0) is 0 Å². The Bertz CT molecular complexity index is 231. The van der Waals surface area contributed by atoms with E-state index in [0.717, 1.165) is 13.1 Å². The second-order valence-corrected chi connectivity index (χ2v) is 3.31. The van der Waals surface area contributed by atoms with Crippen molar-refractivity contribution in [1.82, 2.24) is 20.8 Å². The summed E-state index contributed by atoms with van der Waals surface area (Å²) in [5.74, 6) is 0. The van der Waals surface area contributed by atoms with Gasteiger partial charge in [0.05, 0.1) is 6.20 Å². The summed E-state index contributed by atoms with van der Waals surface area (Å²) in [6, 6.07) is 0.950. The number of H-pyrrole nitrogens is 1. The maximum absolute atomic E-state index is 3.93. The number of aromatic amines is 1. The van der Waals surface area contributed by atoms with Crippen molar-refractivity contribution in [2.24, 2.45) is 0 Å². The molecule has 1 fully saturated rings. The molecule has 1 aliphatic heterocycles. The van der Waals surface area contributed by atoms with Crippen LogP contribution in [0.5, 0.6) is 0 Å². The number of hydrogen-bond acceptors (Lipinski definition) is 3. The molecule has 4 nitrogen and oxygen atoms in total. The molecule has 1 saturated heterocycles. The minimum atomic E-state index is 0.410. The average molecular weight is 166 g/mol. The van der Waals surface area contributed by atoms with Gasteiger partial charge in [0.2, 0.25) is 0 Å². The van der Waals surface area contributed by atoms with E-state index in [2.05, 4.69) is 27.8 Å². The monoisotopic (exact) mass is 166 g/mol. The largest absolute Gasteiger partial charge is 0.313 e. The standard InChI is InChI=1S/C8H14N4/c1-6-2-9-5-8(12-6)7-3-10-11-4-7/h3-4,6,8-9,12H,2,5H2,1H3,(H,10,11). The Morgan fingerprint density at radius 3 is 3.08 bits per heavy atom. The molecule has 0 bridgehead atoms. The molecule has 12 heavy (non-hydrogen) atoms. The van der Waals surface area contributed by atoms with Crippen LogP contribution in [0.25, 0.3) is 0 Å². The van der Waals surface area contributed by atoms with E-state index in [0.29, 0.717) is 12.1 Å². The Kier molecular flexibility index (Phi) is 2.10. The van der Waals surface area contributed by atoms with Crippen molar-refractivity contribution in [3.8, 4) is 0 Å². The molecular formula is C8H14N4. The zero-order chi connectivity index (χ0) is 8.39. The molecule has 1 aromatic heterocycles. The Hall–Kier alpha value is -0.870. The zero-order valence-corrected chi connectivity index (χ0v) is 7.17. The second kappa shape index (κ2) is 3.25. The molecule has 0 amide bonds. The summed E-state index contributed by atoms with van der Waals surface area (Å²) in [5.41, 5.74) is 1.23. The number of rotatable bonds is 1. The van der Waals surface area contributed by atoms with Gasteiger partial charge in [0.1, 0.15) is 0 Å². The van der Waals surface area contributed by atoms with Gasteiger partial charge in [-0.05, 0) is 6.92 Å². The highest BCUT2D eigenvalue weighted by Crippen LogP contribution is 2.12. The van der Waals surface area contributed by atoms with E-state index in [1.54, 1.807) is 0 Å². The Morgan fingerprint density at radius 1 is 1.50 bits per heavy atom. The van der Waals surface area contributed by atoms with Gasteiger partial charge in [0, 0.05) is 36.9 Å². The Morgan fingerprint density at radius 2 is 2.42 bits per heavy atom. The first-order valence-electron chi connectivity index (χ1n) is 4.31. The van der Waals surface area contributed by atoms with E-state index >= 15 is 0 Å². The fourth-order valence-corrected chi connectivity index (χ4v) is 1.57. The van der Waals surface area contributed by atoms with Crippen LogP contribution in [0.1, 0.15) is 18.5 Å². The summed E-state index contributed by atoms with van der Waals surface area (Å²) >= 11 is 0. The lowest BCUT2D eigenvalue weighted by Crippen LogP contribution is -2.48. The van der Waals surface area contributed by atoms with Gasteiger partial charge in [-0.1, -0.05) is 0 Å². The number of hydrogen-bond donors (Lipinski definition) is 3. The Labute approximate surface area is 71.7 Å². The highest BCUT2D eigenvalue weighted by atomic mass is 15.1. The number of nitrogens with zero attached hydrogens (tertiary/aromatic N) is 1. The molecule has 1 aliphatic rings. The minimum absolute atomic E-state index is 0.410. The zero-order valence-electron chi connectivity index (χ0n) is 7.17. The van der Waals surface area contributed by atoms with Crippen LogP contribution < -0.4 is 10.6 Å². The number of aromatic nitrogens is 2. The normalized spacial score (nSPS) is 30.4. The first kappa shape index (κ1) is 7.76. The molecular weight excluding hydrogens is 152 g/mol. The lowest BCUT2D eigenvalue weighted by atomic mass is 10.1. The summed E-state index contributed by atoms with van der Waals surface area (Å²) in [5, 5.41) is 13.6. The van der Waals surface area contributed by atoms with Crippen LogP contribution in [0.3, 0.4) is 0 Å². The number of nitrogens with one attached hydrogen (secondary N) is 3. The third kappa shape index (κ3) is 1.49. The first-order chi connectivity index (χ1) is 5.86. The van der Waals surface area contributed by atoms with Gasteiger partial charge in [0.25, 0.3) is 0 Å². The van der Waals surface area contributed by atoms with E-state index in [4.69, 9.17) is 0 Å². The molecule has 4 heteroatoms. The topological polar surface area (TPSA) is 52.7 Å². The maximum Gasteiger partial charge on any atom is 0.0535 e. The van der Waals surface area contributed by atoms with Crippen molar-refractivity contribution >= 4 is 0 Å². The molecule has 0 aliphatic carbocycles. The molecule has 2 rings (SSSR count). The predicted molar refractivity (Wildman–Crippen MR) is 46.8 cm³/mol. The number of piperazine rings is 1. The van der Waals surface area contributed by atoms with Gasteiger partial charge >= 0.3 is 0 Å². The fourth-order valence-electron chi connectivity index (χ4n) is 1.57. The van der Waals surface area contributed by atoms with Crippen molar-refractivity contribution < 1.29 is 0 Å². The molecule has 1 aromatic rings. The van der Waals surface area contributed by atoms with Crippen molar-refractivity contribution in [1.29, 1.82) is 0 Å². The van der Waals surface area contributed by atoms with Crippen LogP contribution in [-0.4, -0.2) is 29.3 Å². The van der Waals surface area contributed by atoms with Crippen LogP contribution in [0.2, 0.25) is 0 Å². The SMILES string of the molecule is CC1CNCC(c2cn[nH]c2)N1. The highest BCUT2D eigenvalue weighted by Gasteiger charge is 2.18. The lowest BCUT2D eigenvalue weighted by Gasteiger charge is -2.28. The summed E-state index contributed by atoms with van der Waals surface area (Å²) in [6.45, 7) is 4.22. The van der Waals surface area contributed by atoms with Crippen molar-refractivity contribution in [3.05, 3.63) is 18.0 Å². The first-order valence-corrected chi connectivity index (χ1v) is 4.31. The minimum Gasteiger partial charge on any atom is -0.313 e. The molecule has 0 saturated carbocycles. The molecule has 2 unspecified atom stereocenters. The van der Waals surface area contributed by atoms with Gasteiger partial charge in [-0.3, -0.25) is 5.10 Å². The molecule has 0 aromatic carbocycles. The summed E-state index contributed by atoms with van der Waals surface area (Å²) < 4.78 is 0. The molecule has 3 N–H and O–H groups in total. The molecule has 66 valence electrons. The van der Waals surface area contributed by atoms with Crippen LogP contribution in [0.4, 0.5) is 0 Å². The van der Waals surface area contributed by atoms with Gasteiger partial charge in [-0.15, -0.1) is 0 Å². The van der Waals surface area contributed by atoms with E-state index in [-0.39, 0.29) is 0 Å². The van der Waals surface area contributed by atoms with Crippen LogP contribution in [0.15, 0.2) is 12.4 Å². The average Bonchev–Trinajstić information content (AvgIpc) is 2.56. The van der Waals surface area contributed by atoms with Gasteiger partial charge in [-0.25, -0.2) is 0 Å². The van der Waals surface area contributed by atoms with Crippen LogP contribution in [0, 0.1) is 0 Å². The lowest BCUT2D eigenvalue weighted by molar-refractivity contribution is 0.360. The van der Waals surface area contributed by atoms with Gasteiger partial charge in [0.15, 0.2) is 0 Å². The molecule has 2 atom stereocenters. The van der Waals surface area contributed by atoms with Crippen LogP contribution >= 0.6 is 0 Å². The second-order valence-electron chi connectivity index (χ2n) is 3.31.